The average molecular weight is 678 g/mol. The van der Waals surface area contributed by atoms with Crippen molar-refractivity contribution in [3.05, 3.63) is 155 Å². The topological polar surface area (TPSA) is 106 Å². The number of ether oxygens (including phenoxy) is 2. The van der Waals surface area contributed by atoms with Crippen LogP contribution < -0.4 is 25.4 Å². The van der Waals surface area contributed by atoms with Crippen molar-refractivity contribution in [3.8, 4) is 11.5 Å². The number of hydrogen-bond donors (Lipinski definition) is 3. The van der Waals surface area contributed by atoms with Crippen LogP contribution in [-0.4, -0.2) is 31.9 Å². The number of rotatable bonds is 12. The summed E-state index contributed by atoms with van der Waals surface area (Å²) in [5.74, 6) is -0.206. The monoisotopic (exact) mass is 677 g/mol. The highest BCUT2D eigenvalue weighted by atomic mass is 35.5. The van der Waals surface area contributed by atoms with Gasteiger partial charge in [-0.2, -0.15) is 0 Å². The van der Waals surface area contributed by atoms with Crippen LogP contribution in [0, 0.1) is 0 Å². The number of amides is 3. The first-order valence-corrected chi connectivity index (χ1v) is 16.1. The standard InChI is InChI=1S/C38H32ClN3O5S/c1-46-31-20-21-34(47-2)27(22-31)23-33(42-36(43)26-12-7-4-8-13-26)37(44)41-30-14-9-15-32(24-30)48-35(25-10-5-3-6-11-25)38(45)40-29-18-16-28(39)17-19-29/h3-24,35H,1-2H3,(H,40,45)(H,41,44)(H,42,43)/b33-23+. The molecule has 0 fully saturated rings. The Morgan fingerprint density at radius 3 is 2.12 bits per heavy atom. The summed E-state index contributed by atoms with van der Waals surface area (Å²) in [5.41, 5.74) is 2.79. The maximum absolute atomic E-state index is 13.8. The van der Waals surface area contributed by atoms with Crippen LogP contribution >= 0.6 is 23.4 Å². The number of methoxy groups -OCH3 is 2. The lowest BCUT2D eigenvalue weighted by Crippen LogP contribution is -2.30. The molecule has 10 heteroatoms. The first-order valence-electron chi connectivity index (χ1n) is 14.8. The third-order valence-electron chi connectivity index (χ3n) is 7.06. The van der Waals surface area contributed by atoms with Gasteiger partial charge in [-0.3, -0.25) is 14.4 Å². The van der Waals surface area contributed by atoms with E-state index in [0.717, 1.165) is 10.5 Å². The van der Waals surface area contributed by atoms with E-state index in [2.05, 4.69) is 16.0 Å². The molecule has 1 unspecified atom stereocenters. The van der Waals surface area contributed by atoms with Gasteiger partial charge in [0.1, 0.15) is 22.4 Å². The molecule has 3 amide bonds. The SMILES string of the molecule is COc1ccc(OC)c(/C=C(/NC(=O)c2ccccc2)C(=O)Nc2cccc(SC(C(=O)Nc3ccc(Cl)cc3)c3ccccc3)c2)c1. The summed E-state index contributed by atoms with van der Waals surface area (Å²) in [6.45, 7) is 0. The number of halogens is 1. The van der Waals surface area contributed by atoms with E-state index >= 15 is 0 Å². The number of carbonyl (C=O) groups is 3. The molecule has 242 valence electrons. The molecule has 0 aliphatic carbocycles. The Morgan fingerprint density at radius 1 is 0.729 bits per heavy atom. The highest BCUT2D eigenvalue weighted by Crippen LogP contribution is 2.37. The lowest BCUT2D eigenvalue weighted by Gasteiger charge is -2.18. The van der Waals surface area contributed by atoms with Crippen LogP contribution in [0.4, 0.5) is 11.4 Å². The number of carbonyl (C=O) groups excluding carboxylic acids is 3. The second-order valence-corrected chi connectivity index (χ2v) is 12.0. The second-order valence-electron chi connectivity index (χ2n) is 10.4. The zero-order valence-electron chi connectivity index (χ0n) is 26.1. The van der Waals surface area contributed by atoms with Gasteiger partial charge < -0.3 is 25.4 Å². The molecule has 5 aromatic carbocycles. The van der Waals surface area contributed by atoms with E-state index in [1.165, 1.54) is 32.1 Å². The summed E-state index contributed by atoms with van der Waals surface area (Å²) in [4.78, 5) is 41.2. The van der Waals surface area contributed by atoms with Crippen LogP contribution in [0.2, 0.25) is 5.02 Å². The van der Waals surface area contributed by atoms with Crippen molar-refractivity contribution < 1.29 is 23.9 Å². The molecule has 0 heterocycles. The Balaban J connectivity index is 1.41. The van der Waals surface area contributed by atoms with E-state index in [1.807, 2.05) is 36.4 Å². The Hall–Kier alpha value is -5.51. The molecule has 0 saturated heterocycles. The van der Waals surface area contributed by atoms with E-state index in [4.69, 9.17) is 21.1 Å². The molecule has 0 aliphatic rings. The smallest absolute Gasteiger partial charge is 0.272 e. The van der Waals surface area contributed by atoms with Crippen LogP contribution in [-0.2, 0) is 9.59 Å². The van der Waals surface area contributed by atoms with Crippen molar-refractivity contribution in [2.24, 2.45) is 0 Å². The largest absolute Gasteiger partial charge is 0.497 e. The number of benzene rings is 5. The molecule has 8 nitrogen and oxygen atoms in total. The predicted octanol–water partition coefficient (Wildman–Crippen LogP) is 8.24. The van der Waals surface area contributed by atoms with Crippen LogP contribution in [0.1, 0.15) is 26.7 Å². The van der Waals surface area contributed by atoms with Gasteiger partial charge in [-0.05, 0) is 84.4 Å². The van der Waals surface area contributed by atoms with Gasteiger partial charge in [0.15, 0.2) is 0 Å². The molecular weight excluding hydrogens is 646 g/mol. The summed E-state index contributed by atoms with van der Waals surface area (Å²) >= 11 is 7.36. The third kappa shape index (κ3) is 9.06. The van der Waals surface area contributed by atoms with Crippen LogP contribution in [0.25, 0.3) is 6.08 Å². The van der Waals surface area contributed by atoms with E-state index in [1.54, 1.807) is 91.0 Å². The molecule has 0 spiro atoms. The quantitative estimate of drug-likeness (QED) is 0.0908. The molecule has 5 aromatic rings. The van der Waals surface area contributed by atoms with Gasteiger partial charge in [0, 0.05) is 32.4 Å². The number of anilines is 2. The molecule has 0 radical (unpaired) electrons. The molecular formula is C38H32ClN3O5S. The van der Waals surface area contributed by atoms with Crippen molar-refractivity contribution in [1.82, 2.24) is 5.32 Å². The summed E-state index contributed by atoms with van der Waals surface area (Å²) in [5, 5.41) is 8.58. The van der Waals surface area contributed by atoms with Gasteiger partial charge in [-0.15, -0.1) is 11.8 Å². The van der Waals surface area contributed by atoms with Gasteiger partial charge in [-0.25, -0.2) is 0 Å². The maximum atomic E-state index is 13.8. The lowest BCUT2D eigenvalue weighted by molar-refractivity contribution is -0.116. The fraction of sp³-hybridized carbons (Fsp3) is 0.0789. The molecule has 0 bridgehead atoms. The van der Waals surface area contributed by atoms with Gasteiger partial charge in [0.05, 0.1) is 14.2 Å². The zero-order chi connectivity index (χ0) is 33.9. The summed E-state index contributed by atoms with van der Waals surface area (Å²) in [6.07, 6.45) is 1.53. The second kappa shape index (κ2) is 16.4. The lowest BCUT2D eigenvalue weighted by atomic mass is 10.1. The zero-order valence-corrected chi connectivity index (χ0v) is 27.7. The minimum absolute atomic E-state index is 0.0158. The fourth-order valence-electron chi connectivity index (χ4n) is 4.67. The predicted molar refractivity (Wildman–Crippen MR) is 192 cm³/mol. The highest BCUT2D eigenvalue weighted by Gasteiger charge is 2.23. The van der Waals surface area contributed by atoms with Crippen molar-refractivity contribution in [2.45, 2.75) is 10.1 Å². The van der Waals surface area contributed by atoms with Crippen molar-refractivity contribution in [2.75, 3.05) is 24.9 Å². The minimum Gasteiger partial charge on any atom is -0.497 e. The van der Waals surface area contributed by atoms with Gasteiger partial charge in [0.2, 0.25) is 5.91 Å². The first-order chi connectivity index (χ1) is 23.3. The molecule has 1 atom stereocenters. The van der Waals surface area contributed by atoms with Crippen LogP contribution in [0.3, 0.4) is 0 Å². The number of hydrogen-bond acceptors (Lipinski definition) is 6. The Bertz CT molecular complexity index is 1920. The first kappa shape index (κ1) is 33.8. The molecule has 0 aliphatic heterocycles. The van der Waals surface area contributed by atoms with Crippen LogP contribution in [0.5, 0.6) is 11.5 Å². The fourth-order valence-corrected chi connectivity index (χ4v) is 5.88. The van der Waals surface area contributed by atoms with E-state index in [0.29, 0.717) is 39.0 Å². The Morgan fingerprint density at radius 2 is 1.44 bits per heavy atom. The Kier molecular flexibility index (Phi) is 11.5. The van der Waals surface area contributed by atoms with Crippen LogP contribution in [0.15, 0.2) is 138 Å². The molecule has 48 heavy (non-hydrogen) atoms. The highest BCUT2D eigenvalue weighted by molar-refractivity contribution is 8.00. The van der Waals surface area contributed by atoms with Crippen molar-refractivity contribution >= 4 is 58.5 Å². The summed E-state index contributed by atoms with van der Waals surface area (Å²) in [6, 6.07) is 37.2. The average Bonchev–Trinajstić information content (AvgIpc) is 3.12. The van der Waals surface area contributed by atoms with Gasteiger partial charge in [-0.1, -0.05) is 66.2 Å². The summed E-state index contributed by atoms with van der Waals surface area (Å²) < 4.78 is 10.9. The Labute approximate surface area is 288 Å². The van der Waals surface area contributed by atoms with E-state index < -0.39 is 17.1 Å². The van der Waals surface area contributed by atoms with Gasteiger partial charge in [0.25, 0.3) is 11.8 Å². The maximum Gasteiger partial charge on any atom is 0.272 e. The third-order valence-corrected chi connectivity index (χ3v) is 8.56. The van der Waals surface area contributed by atoms with Gasteiger partial charge >= 0.3 is 0 Å². The molecule has 5 rings (SSSR count). The normalized spacial score (nSPS) is 11.6. The molecule has 0 aromatic heterocycles. The number of thioether (sulfide) groups is 1. The van der Waals surface area contributed by atoms with E-state index in [-0.39, 0.29) is 11.6 Å². The number of nitrogens with one attached hydrogen (secondary N) is 3. The molecule has 0 saturated carbocycles. The minimum atomic E-state index is -0.603. The van der Waals surface area contributed by atoms with E-state index in [9.17, 15) is 14.4 Å². The van der Waals surface area contributed by atoms with Crippen molar-refractivity contribution in [3.63, 3.8) is 0 Å². The summed E-state index contributed by atoms with van der Waals surface area (Å²) in [7, 11) is 3.05. The van der Waals surface area contributed by atoms with Crippen molar-refractivity contribution in [1.29, 1.82) is 0 Å². The molecule has 3 N–H and O–H groups in total.